The lowest BCUT2D eigenvalue weighted by Gasteiger charge is -1.93. The van der Waals surface area contributed by atoms with Crippen LogP contribution in [0.25, 0.3) is 5.65 Å². The third-order valence-electron chi connectivity index (χ3n) is 1.95. The highest BCUT2D eigenvalue weighted by Gasteiger charge is 2.03. The first-order valence-corrected chi connectivity index (χ1v) is 4.07. The van der Waals surface area contributed by atoms with Gasteiger partial charge in [0, 0.05) is 11.8 Å². The van der Waals surface area contributed by atoms with Crippen LogP contribution in [-0.2, 0) is 6.42 Å². The zero-order valence-corrected chi connectivity index (χ0v) is 7.24. The first-order valence-electron chi connectivity index (χ1n) is 4.07. The third kappa shape index (κ3) is 1.09. The number of aryl methyl sites for hydroxylation is 1. The molecule has 0 saturated heterocycles. The van der Waals surface area contributed by atoms with E-state index in [9.17, 15) is 4.79 Å². The van der Waals surface area contributed by atoms with Crippen molar-refractivity contribution in [2.24, 2.45) is 0 Å². The van der Waals surface area contributed by atoms with Crippen LogP contribution >= 0.6 is 0 Å². The van der Waals surface area contributed by atoms with Gasteiger partial charge in [-0.25, -0.2) is 4.98 Å². The molecule has 13 heavy (non-hydrogen) atoms. The van der Waals surface area contributed by atoms with E-state index in [2.05, 4.69) is 10.1 Å². The fraction of sp³-hybridized carbons (Fsp3) is 0.250. The summed E-state index contributed by atoms with van der Waals surface area (Å²) in [5.41, 5.74) is 6.91. The number of anilines is 1. The summed E-state index contributed by atoms with van der Waals surface area (Å²) < 4.78 is 1.36. The van der Waals surface area contributed by atoms with Gasteiger partial charge in [0.1, 0.15) is 5.69 Å². The largest absolute Gasteiger partial charge is 0.393 e. The molecule has 0 amide bonds. The molecule has 2 aromatic rings. The number of nitrogens with two attached hydrogens (primary N) is 1. The highest BCUT2D eigenvalue weighted by atomic mass is 16.1. The smallest absolute Gasteiger partial charge is 0.295 e. The first kappa shape index (κ1) is 7.85. The Morgan fingerprint density at radius 3 is 3.15 bits per heavy atom. The number of hydrogen-bond donors (Lipinski definition) is 2. The van der Waals surface area contributed by atoms with Gasteiger partial charge in [-0.15, -0.1) is 0 Å². The van der Waals surface area contributed by atoms with Gasteiger partial charge >= 0.3 is 0 Å². The molecule has 0 aromatic carbocycles. The van der Waals surface area contributed by atoms with Gasteiger partial charge in [0.05, 0.1) is 6.20 Å². The highest BCUT2D eigenvalue weighted by molar-refractivity contribution is 5.44. The molecular weight excluding hydrogens is 168 g/mol. The van der Waals surface area contributed by atoms with Crippen LogP contribution in [0.5, 0.6) is 0 Å². The maximum absolute atomic E-state index is 11.4. The normalized spacial score (nSPS) is 10.8. The Labute approximate surface area is 74.2 Å². The van der Waals surface area contributed by atoms with E-state index in [4.69, 9.17) is 5.73 Å². The van der Waals surface area contributed by atoms with E-state index in [1.165, 1.54) is 10.7 Å². The second-order valence-corrected chi connectivity index (χ2v) is 2.85. The number of hydrogen-bond acceptors (Lipinski definition) is 3. The number of fused-ring (bicyclic) bond motifs is 1. The molecule has 0 saturated carbocycles. The number of aromatic amines is 1. The summed E-state index contributed by atoms with van der Waals surface area (Å²) in [6.07, 6.45) is 2.22. The molecule has 0 aliphatic carbocycles. The van der Waals surface area contributed by atoms with Gasteiger partial charge in [0.25, 0.3) is 5.56 Å². The molecule has 2 heterocycles. The Bertz CT molecular complexity index is 496. The van der Waals surface area contributed by atoms with Crippen LogP contribution in [0.15, 0.2) is 17.1 Å². The van der Waals surface area contributed by atoms with Crippen LogP contribution in [-0.4, -0.2) is 14.6 Å². The fourth-order valence-electron chi connectivity index (χ4n) is 1.20. The molecule has 0 aliphatic rings. The minimum atomic E-state index is -0.246. The van der Waals surface area contributed by atoms with Crippen molar-refractivity contribution in [3.8, 4) is 0 Å². The van der Waals surface area contributed by atoms with Gasteiger partial charge in [0.2, 0.25) is 0 Å². The molecule has 0 atom stereocenters. The average Bonchev–Trinajstić information content (AvgIpc) is 2.55. The highest BCUT2D eigenvalue weighted by Crippen LogP contribution is 2.02. The van der Waals surface area contributed by atoms with Crippen LogP contribution in [0.1, 0.15) is 12.6 Å². The summed E-state index contributed by atoms with van der Waals surface area (Å²) in [6.45, 7) is 2.00. The maximum atomic E-state index is 11.4. The van der Waals surface area contributed by atoms with Crippen molar-refractivity contribution in [3.63, 3.8) is 0 Å². The SMILES string of the molecule is CCc1cc2ncc(N)c(=O)n2[nH]1. The molecule has 2 rings (SSSR count). The van der Waals surface area contributed by atoms with Crippen molar-refractivity contribution < 1.29 is 0 Å². The Balaban J connectivity index is 2.84. The van der Waals surface area contributed by atoms with E-state index in [0.717, 1.165) is 12.1 Å². The minimum absolute atomic E-state index is 0.155. The molecule has 5 heteroatoms. The predicted octanol–water partition coefficient (Wildman–Crippen LogP) is 0.167. The molecule has 0 spiro atoms. The number of rotatable bonds is 1. The molecule has 2 aromatic heterocycles. The standard InChI is InChI=1S/C8H10N4O/c1-2-5-3-7-10-4-6(9)8(13)12(7)11-5/h3-4,11H,2,9H2,1H3. The van der Waals surface area contributed by atoms with Gasteiger partial charge < -0.3 is 5.73 Å². The average molecular weight is 178 g/mol. The predicted molar refractivity (Wildman–Crippen MR) is 49.6 cm³/mol. The summed E-state index contributed by atoms with van der Waals surface area (Å²) in [7, 11) is 0. The quantitative estimate of drug-likeness (QED) is 0.653. The number of nitrogens with one attached hydrogen (secondary N) is 1. The Kier molecular flexibility index (Phi) is 1.58. The molecule has 68 valence electrons. The van der Waals surface area contributed by atoms with Crippen molar-refractivity contribution in [1.82, 2.24) is 14.6 Å². The molecular formula is C8H10N4O. The first-order chi connectivity index (χ1) is 6.22. The van der Waals surface area contributed by atoms with Crippen LogP contribution in [0.3, 0.4) is 0 Å². The molecule has 3 N–H and O–H groups in total. The van der Waals surface area contributed by atoms with E-state index >= 15 is 0 Å². The van der Waals surface area contributed by atoms with Gasteiger partial charge in [-0.1, -0.05) is 6.92 Å². The van der Waals surface area contributed by atoms with Crippen molar-refractivity contribution in [3.05, 3.63) is 28.3 Å². The van der Waals surface area contributed by atoms with Gasteiger partial charge in [-0.3, -0.25) is 9.89 Å². The summed E-state index contributed by atoms with van der Waals surface area (Å²) in [4.78, 5) is 15.4. The number of nitrogen functional groups attached to an aromatic ring is 1. The van der Waals surface area contributed by atoms with E-state index in [1.807, 2.05) is 13.0 Å². The Hall–Kier alpha value is -1.78. The lowest BCUT2D eigenvalue weighted by Crippen LogP contribution is -2.18. The lowest BCUT2D eigenvalue weighted by molar-refractivity contribution is 0.861. The second kappa shape index (κ2) is 2.62. The van der Waals surface area contributed by atoms with Crippen LogP contribution in [0.4, 0.5) is 5.69 Å². The summed E-state index contributed by atoms with van der Waals surface area (Å²) in [6, 6.07) is 1.83. The monoisotopic (exact) mass is 178 g/mol. The van der Waals surface area contributed by atoms with Gasteiger partial charge in [0.15, 0.2) is 5.65 Å². The van der Waals surface area contributed by atoms with Gasteiger partial charge in [-0.2, -0.15) is 4.52 Å². The van der Waals surface area contributed by atoms with E-state index in [1.54, 1.807) is 0 Å². The third-order valence-corrected chi connectivity index (χ3v) is 1.95. The maximum Gasteiger partial charge on any atom is 0.295 e. The Morgan fingerprint density at radius 2 is 2.46 bits per heavy atom. The zero-order valence-electron chi connectivity index (χ0n) is 7.24. The zero-order chi connectivity index (χ0) is 9.42. The molecule has 5 nitrogen and oxygen atoms in total. The number of aromatic nitrogens is 3. The molecule has 0 aliphatic heterocycles. The topological polar surface area (TPSA) is 76.2 Å². The number of nitrogens with zero attached hydrogens (tertiary/aromatic N) is 2. The number of H-pyrrole nitrogens is 1. The lowest BCUT2D eigenvalue weighted by atomic mass is 10.3. The van der Waals surface area contributed by atoms with Crippen molar-refractivity contribution in [2.75, 3.05) is 5.73 Å². The van der Waals surface area contributed by atoms with Crippen molar-refractivity contribution >= 4 is 11.3 Å². The van der Waals surface area contributed by atoms with Crippen molar-refractivity contribution in [2.45, 2.75) is 13.3 Å². The fourth-order valence-corrected chi connectivity index (χ4v) is 1.20. The van der Waals surface area contributed by atoms with Crippen LogP contribution in [0, 0.1) is 0 Å². The van der Waals surface area contributed by atoms with Crippen LogP contribution < -0.4 is 11.3 Å². The Morgan fingerprint density at radius 1 is 1.69 bits per heavy atom. The summed E-state index contributed by atoms with van der Waals surface area (Å²) in [5, 5.41) is 2.92. The second-order valence-electron chi connectivity index (χ2n) is 2.85. The van der Waals surface area contributed by atoms with E-state index in [0.29, 0.717) is 5.65 Å². The summed E-state index contributed by atoms with van der Waals surface area (Å²) in [5.74, 6) is 0. The molecule has 0 radical (unpaired) electrons. The van der Waals surface area contributed by atoms with Gasteiger partial charge in [-0.05, 0) is 6.42 Å². The molecule has 0 fully saturated rings. The van der Waals surface area contributed by atoms with E-state index < -0.39 is 0 Å². The molecule has 0 unspecified atom stereocenters. The molecule has 0 bridgehead atoms. The minimum Gasteiger partial charge on any atom is -0.393 e. The summed E-state index contributed by atoms with van der Waals surface area (Å²) >= 11 is 0. The van der Waals surface area contributed by atoms with Crippen molar-refractivity contribution in [1.29, 1.82) is 0 Å². The van der Waals surface area contributed by atoms with Crippen LogP contribution in [0.2, 0.25) is 0 Å². The van der Waals surface area contributed by atoms with E-state index in [-0.39, 0.29) is 11.2 Å².